The van der Waals surface area contributed by atoms with Crippen molar-refractivity contribution in [3.05, 3.63) is 28.3 Å². The minimum Gasteiger partial charge on any atom is -0.496 e. The van der Waals surface area contributed by atoms with Crippen LogP contribution < -0.4 is 4.74 Å². The fourth-order valence-corrected chi connectivity index (χ4v) is 2.73. The van der Waals surface area contributed by atoms with Crippen molar-refractivity contribution < 1.29 is 9.84 Å². The van der Waals surface area contributed by atoms with Crippen LogP contribution in [0.15, 0.2) is 6.07 Å². The summed E-state index contributed by atoms with van der Waals surface area (Å²) in [5, 5.41) is 9.11. The van der Waals surface area contributed by atoms with Gasteiger partial charge >= 0.3 is 0 Å². The van der Waals surface area contributed by atoms with Crippen LogP contribution in [0.25, 0.3) is 0 Å². The van der Waals surface area contributed by atoms with Crippen LogP contribution in [0.2, 0.25) is 0 Å². The molecule has 0 saturated heterocycles. The van der Waals surface area contributed by atoms with Crippen molar-refractivity contribution in [2.75, 3.05) is 13.7 Å². The topological polar surface area (TPSA) is 29.5 Å². The summed E-state index contributed by atoms with van der Waals surface area (Å²) in [5.74, 6) is 0.951. The van der Waals surface area contributed by atoms with E-state index in [-0.39, 0.29) is 6.61 Å². The van der Waals surface area contributed by atoms with Crippen LogP contribution in [0.4, 0.5) is 0 Å². The van der Waals surface area contributed by atoms with E-state index in [9.17, 15) is 0 Å². The zero-order chi connectivity index (χ0) is 11.5. The average molecular weight is 220 g/mol. The number of rotatable bonds is 3. The predicted molar refractivity (Wildman–Crippen MR) is 65.2 cm³/mol. The van der Waals surface area contributed by atoms with Gasteiger partial charge in [-0.05, 0) is 67.3 Å². The monoisotopic (exact) mass is 220 g/mol. The molecular weight excluding hydrogens is 200 g/mol. The number of hydrogen-bond donors (Lipinski definition) is 1. The standard InChI is InChI=1S/C14H20O2/c1-10-12-6-4-3-5-11(12)9-14(16-2)13(10)7-8-15/h9,15H,3-8H2,1-2H3. The van der Waals surface area contributed by atoms with Gasteiger partial charge in [-0.25, -0.2) is 0 Å². The van der Waals surface area contributed by atoms with Crippen molar-refractivity contribution in [3.8, 4) is 5.75 Å². The van der Waals surface area contributed by atoms with Crippen molar-refractivity contribution in [1.29, 1.82) is 0 Å². The number of aryl methyl sites for hydroxylation is 1. The van der Waals surface area contributed by atoms with Gasteiger partial charge in [0, 0.05) is 6.61 Å². The normalized spacial score (nSPS) is 14.7. The number of aliphatic hydroxyl groups excluding tert-OH is 1. The summed E-state index contributed by atoms with van der Waals surface area (Å²) >= 11 is 0. The number of hydrogen-bond acceptors (Lipinski definition) is 2. The maximum absolute atomic E-state index is 9.11. The Morgan fingerprint density at radius 1 is 1.31 bits per heavy atom. The fraction of sp³-hybridized carbons (Fsp3) is 0.571. The smallest absolute Gasteiger partial charge is 0.122 e. The maximum atomic E-state index is 9.11. The van der Waals surface area contributed by atoms with Crippen LogP contribution in [-0.2, 0) is 19.3 Å². The van der Waals surface area contributed by atoms with E-state index in [1.54, 1.807) is 7.11 Å². The van der Waals surface area contributed by atoms with Gasteiger partial charge < -0.3 is 9.84 Å². The highest BCUT2D eigenvalue weighted by molar-refractivity contribution is 5.50. The Balaban J connectivity index is 2.50. The van der Waals surface area contributed by atoms with Gasteiger partial charge in [0.15, 0.2) is 0 Å². The fourth-order valence-electron chi connectivity index (χ4n) is 2.73. The Morgan fingerprint density at radius 3 is 2.75 bits per heavy atom. The van der Waals surface area contributed by atoms with Gasteiger partial charge in [0.2, 0.25) is 0 Å². The molecule has 2 heteroatoms. The van der Waals surface area contributed by atoms with Crippen LogP contribution >= 0.6 is 0 Å². The van der Waals surface area contributed by atoms with Crippen LogP contribution in [0.1, 0.15) is 35.1 Å². The Kier molecular flexibility index (Phi) is 3.49. The molecule has 0 bridgehead atoms. The van der Waals surface area contributed by atoms with Gasteiger partial charge in [-0.15, -0.1) is 0 Å². The molecule has 0 fully saturated rings. The van der Waals surface area contributed by atoms with Crippen molar-refractivity contribution in [2.24, 2.45) is 0 Å². The predicted octanol–water partition coefficient (Wildman–Crippen LogP) is 2.42. The summed E-state index contributed by atoms with van der Waals surface area (Å²) in [6.45, 7) is 2.35. The molecule has 1 N–H and O–H groups in total. The third kappa shape index (κ3) is 1.94. The number of benzene rings is 1. The number of aliphatic hydroxyl groups is 1. The molecule has 1 aliphatic rings. The Bertz CT molecular complexity index is 383. The van der Waals surface area contributed by atoms with Gasteiger partial charge in [0.25, 0.3) is 0 Å². The van der Waals surface area contributed by atoms with Crippen molar-refractivity contribution in [3.63, 3.8) is 0 Å². The van der Waals surface area contributed by atoms with E-state index >= 15 is 0 Å². The first-order chi connectivity index (χ1) is 7.77. The molecule has 0 saturated carbocycles. The highest BCUT2D eigenvalue weighted by Crippen LogP contribution is 2.33. The zero-order valence-corrected chi connectivity index (χ0v) is 10.2. The van der Waals surface area contributed by atoms with Gasteiger partial charge in [0.05, 0.1) is 7.11 Å². The molecule has 0 unspecified atom stereocenters. The lowest BCUT2D eigenvalue weighted by Crippen LogP contribution is -2.09. The van der Waals surface area contributed by atoms with E-state index in [0.29, 0.717) is 6.42 Å². The highest BCUT2D eigenvalue weighted by Gasteiger charge is 2.17. The first kappa shape index (κ1) is 11.5. The molecule has 1 aliphatic carbocycles. The van der Waals surface area contributed by atoms with Gasteiger partial charge in [-0.2, -0.15) is 0 Å². The lowest BCUT2D eigenvalue weighted by Gasteiger charge is -2.22. The minimum atomic E-state index is 0.190. The van der Waals surface area contributed by atoms with Gasteiger partial charge in [-0.3, -0.25) is 0 Å². The first-order valence-electron chi connectivity index (χ1n) is 6.07. The highest BCUT2D eigenvalue weighted by atomic mass is 16.5. The average Bonchev–Trinajstić information content (AvgIpc) is 2.33. The second-order valence-corrected chi connectivity index (χ2v) is 4.50. The molecule has 1 aromatic carbocycles. The van der Waals surface area contributed by atoms with E-state index in [1.807, 2.05) is 0 Å². The second kappa shape index (κ2) is 4.88. The Morgan fingerprint density at radius 2 is 2.06 bits per heavy atom. The second-order valence-electron chi connectivity index (χ2n) is 4.50. The molecule has 0 aliphatic heterocycles. The molecular formula is C14H20O2. The lowest BCUT2D eigenvalue weighted by atomic mass is 9.85. The first-order valence-corrected chi connectivity index (χ1v) is 6.07. The number of ether oxygens (including phenoxy) is 1. The van der Waals surface area contributed by atoms with Crippen LogP contribution in [0.5, 0.6) is 5.75 Å². The minimum absolute atomic E-state index is 0.190. The van der Waals surface area contributed by atoms with Gasteiger partial charge in [-0.1, -0.05) is 0 Å². The van der Waals surface area contributed by atoms with E-state index in [4.69, 9.17) is 9.84 Å². The van der Waals surface area contributed by atoms with E-state index in [2.05, 4.69) is 13.0 Å². The molecule has 0 aromatic heterocycles. The van der Waals surface area contributed by atoms with Crippen molar-refractivity contribution >= 4 is 0 Å². The lowest BCUT2D eigenvalue weighted by molar-refractivity contribution is 0.296. The third-order valence-corrected chi connectivity index (χ3v) is 3.60. The number of methoxy groups -OCH3 is 1. The van der Waals surface area contributed by atoms with Crippen molar-refractivity contribution in [2.45, 2.75) is 39.0 Å². The quantitative estimate of drug-likeness (QED) is 0.847. The zero-order valence-electron chi connectivity index (χ0n) is 10.2. The summed E-state index contributed by atoms with van der Waals surface area (Å²) in [7, 11) is 1.71. The summed E-state index contributed by atoms with van der Waals surface area (Å²) in [5.41, 5.74) is 5.46. The molecule has 0 radical (unpaired) electrons. The Labute approximate surface area is 97.3 Å². The summed E-state index contributed by atoms with van der Waals surface area (Å²) in [4.78, 5) is 0. The van der Waals surface area contributed by atoms with Gasteiger partial charge in [0.1, 0.15) is 5.75 Å². The molecule has 16 heavy (non-hydrogen) atoms. The molecule has 0 heterocycles. The molecule has 0 spiro atoms. The third-order valence-electron chi connectivity index (χ3n) is 3.60. The molecule has 1 aromatic rings. The summed E-state index contributed by atoms with van der Waals surface area (Å²) in [6.07, 6.45) is 5.63. The molecule has 88 valence electrons. The van der Waals surface area contributed by atoms with Crippen LogP contribution in [-0.4, -0.2) is 18.8 Å². The van der Waals surface area contributed by atoms with E-state index < -0.39 is 0 Å². The van der Waals surface area contributed by atoms with E-state index in [1.165, 1.54) is 47.9 Å². The van der Waals surface area contributed by atoms with E-state index in [0.717, 1.165) is 5.75 Å². The largest absolute Gasteiger partial charge is 0.496 e. The molecule has 2 nitrogen and oxygen atoms in total. The SMILES string of the molecule is COc1cc2c(c(C)c1CCO)CCCC2. The van der Waals surface area contributed by atoms with Crippen LogP contribution in [0, 0.1) is 6.92 Å². The summed E-state index contributed by atoms with van der Waals surface area (Å²) < 4.78 is 5.43. The van der Waals surface area contributed by atoms with Crippen molar-refractivity contribution in [1.82, 2.24) is 0 Å². The summed E-state index contributed by atoms with van der Waals surface area (Å²) in [6, 6.07) is 2.17. The Hall–Kier alpha value is -1.02. The maximum Gasteiger partial charge on any atom is 0.122 e. The molecule has 0 atom stereocenters. The molecule has 0 amide bonds. The van der Waals surface area contributed by atoms with Crippen LogP contribution in [0.3, 0.4) is 0 Å². The molecule has 2 rings (SSSR count). The number of fused-ring (bicyclic) bond motifs is 1.